The van der Waals surface area contributed by atoms with Crippen molar-refractivity contribution in [3.63, 3.8) is 0 Å². The van der Waals surface area contributed by atoms with E-state index in [1.165, 1.54) is 12.1 Å². The third-order valence-corrected chi connectivity index (χ3v) is 6.75. The lowest BCUT2D eigenvalue weighted by molar-refractivity contribution is 0.595. The Morgan fingerprint density at radius 2 is 0.964 bits per heavy atom. The van der Waals surface area contributed by atoms with Gasteiger partial charge in [-0.15, -0.1) is 0 Å². The minimum Gasteiger partial charge on any atom is -0.225 e. The molecule has 0 aliphatic heterocycles. The fourth-order valence-corrected chi connectivity index (χ4v) is 4.43. The summed E-state index contributed by atoms with van der Waals surface area (Å²) < 4.78 is 46.6. The zero-order valence-corrected chi connectivity index (χ0v) is 17.2. The molecule has 2 aromatic carbocycles. The van der Waals surface area contributed by atoms with Gasteiger partial charge in [-0.1, -0.05) is 36.4 Å². The van der Waals surface area contributed by atoms with Crippen molar-refractivity contribution in [2.75, 3.05) is 0 Å². The van der Waals surface area contributed by atoms with Crippen LogP contribution >= 0.6 is 0 Å². The van der Waals surface area contributed by atoms with E-state index in [1.807, 2.05) is 38.2 Å². The fraction of sp³-hybridized carbons (Fsp3) is 0.200. The zero-order valence-electron chi connectivity index (χ0n) is 15.5. The molecule has 3 rings (SSSR count). The topological polar surface area (TPSA) is 120 Å². The van der Waals surface area contributed by atoms with Gasteiger partial charge in [0.15, 0.2) is 0 Å². The van der Waals surface area contributed by atoms with Gasteiger partial charge in [0, 0.05) is 11.8 Å². The molecule has 148 valence electrons. The van der Waals surface area contributed by atoms with E-state index in [2.05, 4.69) is 0 Å². The van der Waals surface area contributed by atoms with Gasteiger partial charge in [-0.3, -0.25) is 0 Å². The van der Waals surface area contributed by atoms with E-state index in [9.17, 15) is 16.8 Å². The number of benzene rings is 2. The molecular formula is C20H22N2O4S2. The van der Waals surface area contributed by atoms with E-state index in [-0.39, 0.29) is 21.6 Å². The molecular weight excluding hydrogens is 396 g/mol. The van der Waals surface area contributed by atoms with Crippen LogP contribution in [0.2, 0.25) is 0 Å². The van der Waals surface area contributed by atoms with Crippen molar-refractivity contribution >= 4 is 20.0 Å². The monoisotopic (exact) mass is 418 g/mol. The van der Waals surface area contributed by atoms with E-state index < -0.39 is 20.0 Å². The summed E-state index contributed by atoms with van der Waals surface area (Å²) in [4.78, 5) is 0.155. The molecule has 0 spiro atoms. The van der Waals surface area contributed by atoms with Crippen LogP contribution in [0.1, 0.15) is 34.1 Å². The lowest BCUT2D eigenvalue weighted by Gasteiger charge is -2.21. The van der Waals surface area contributed by atoms with E-state index >= 15 is 0 Å². The molecule has 0 radical (unpaired) electrons. The second kappa shape index (κ2) is 7.29. The molecule has 2 aromatic rings. The molecule has 0 atom stereocenters. The average molecular weight is 419 g/mol. The van der Waals surface area contributed by atoms with Gasteiger partial charge in [0.1, 0.15) is 0 Å². The van der Waals surface area contributed by atoms with Gasteiger partial charge in [-0.25, -0.2) is 27.1 Å². The van der Waals surface area contributed by atoms with Crippen LogP contribution in [-0.4, -0.2) is 16.8 Å². The molecule has 0 fully saturated rings. The quantitative estimate of drug-likeness (QED) is 0.741. The summed E-state index contributed by atoms with van der Waals surface area (Å²) in [5, 5.41) is 10.5. The Morgan fingerprint density at radius 1 is 0.643 bits per heavy atom. The minimum absolute atomic E-state index is 0.0775. The van der Waals surface area contributed by atoms with Gasteiger partial charge in [-0.05, 0) is 60.4 Å². The van der Waals surface area contributed by atoms with Crippen LogP contribution in [0.25, 0.3) is 0 Å². The smallest absolute Gasteiger partial charge is 0.225 e. The standard InChI is InChI=1S/C20H22N2O4S2/c1-13-3-9-17(27(21,23)24)11-19(13)15-5-7-16(8-6-15)20-12-18(28(22,25)26)10-4-14(20)2/h3-12,15-16H,1-2H3,(H2,21,23,24)(H2,22,25,26). The van der Waals surface area contributed by atoms with Crippen LogP contribution in [0.3, 0.4) is 0 Å². The SMILES string of the molecule is Cc1ccc(S(N)(=O)=O)cc1C1C=CC(c2cc(S(N)(=O)=O)ccc2C)C=C1. The Bertz CT molecular complexity index is 1090. The lowest BCUT2D eigenvalue weighted by Crippen LogP contribution is -2.14. The van der Waals surface area contributed by atoms with Crippen LogP contribution in [0.5, 0.6) is 0 Å². The highest BCUT2D eigenvalue weighted by atomic mass is 32.2. The van der Waals surface area contributed by atoms with Gasteiger partial charge in [0.05, 0.1) is 9.79 Å². The molecule has 0 heterocycles. The lowest BCUT2D eigenvalue weighted by atomic mass is 9.85. The molecule has 0 bridgehead atoms. The maximum Gasteiger partial charge on any atom is 0.238 e. The summed E-state index contributed by atoms with van der Waals surface area (Å²) in [6.45, 7) is 3.82. The van der Waals surface area contributed by atoms with E-state index in [0.29, 0.717) is 0 Å². The van der Waals surface area contributed by atoms with Gasteiger partial charge < -0.3 is 0 Å². The first kappa shape index (κ1) is 20.5. The summed E-state index contributed by atoms with van der Waals surface area (Å²) in [6, 6.07) is 9.66. The third kappa shape index (κ3) is 4.25. The zero-order chi connectivity index (χ0) is 20.7. The molecule has 4 N–H and O–H groups in total. The Labute approximate surface area is 165 Å². The van der Waals surface area contributed by atoms with Crippen molar-refractivity contribution in [2.45, 2.75) is 35.5 Å². The first-order valence-electron chi connectivity index (χ1n) is 8.60. The molecule has 28 heavy (non-hydrogen) atoms. The number of sulfonamides is 2. The average Bonchev–Trinajstić information content (AvgIpc) is 2.61. The number of nitrogens with two attached hydrogens (primary N) is 2. The van der Waals surface area contributed by atoms with Crippen LogP contribution in [0.4, 0.5) is 0 Å². The molecule has 0 aromatic heterocycles. The molecule has 0 saturated carbocycles. The second-order valence-electron chi connectivity index (χ2n) is 6.95. The van der Waals surface area contributed by atoms with Crippen molar-refractivity contribution in [2.24, 2.45) is 10.3 Å². The highest BCUT2D eigenvalue weighted by Crippen LogP contribution is 2.33. The van der Waals surface area contributed by atoms with Gasteiger partial charge in [-0.2, -0.15) is 0 Å². The van der Waals surface area contributed by atoms with Gasteiger partial charge >= 0.3 is 0 Å². The number of allylic oxidation sites excluding steroid dienone is 4. The first-order valence-corrected chi connectivity index (χ1v) is 11.7. The Hall–Kier alpha value is -2.26. The molecule has 0 amide bonds. The number of primary sulfonamides is 2. The van der Waals surface area contributed by atoms with Crippen molar-refractivity contribution < 1.29 is 16.8 Å². The fourth-order valence-electron chi connectivity index (χ4n) is 3.33. The summed E-state index contributed by atoms with van der Waals surface area (Å²) >= 11 is 0. The van der Waals surface area contributed by atoms with Crippen molar-refractivity contribution in [3.05, 3.63) is 83.0 Å². The minimum atomic E-state index is -3.78. The molecule has 6 nitrogen and oxygen atoms in total. The molecule has 8 heteroatoms. The van der Waals surface area contributed by atoms with Crippen molar-refractivity contribution in [3.8, 4) is 0 Å². The predicted octanol–water partition coefficient (Wildman–Crippen LogP) is 2.59. The Morgan fingerprint density at radius 3 is 1.25 bits per heavy atom. The van der Waals surface area contributed by atoms with Crippen LogP contribution < -0.4 is 10.3 Å². The van der Waals surface area contributed by atoms with Crippen LogP contribution in [0, 0.1) is 13.8 Å². The summed E-state index contributed by atoms with van der Waals surface area (Å²) in [7, 11) is -7.55. The molecule has 1 aliphatic carbocycles. The van der Waals surface area contributed by atoms with Gasteiger partial charge in [0.25, 0.3) is 0 Å². The molecule has 0 unspecified atom stereocenters. The maximum absolute atomic E-state index is 11.6. The number of hydrogen-bond donors (Lipinski definition) is 2. The molecule has 1 aliphatic rings. The van der Waals surface area contributed by atoms with E-state index in [1.54, 1.807) is 24.3 Å². The number of hydrogen-bond acceptors (Lipinski definition) is 4. The van der Waals surface area contributed by atoms with Gasteiger partial charge in [0.2, 0.25) is 20.0 Å². The third-order valence-electron chi connectivity index (χ3n) is 4.93. The normalized spacial score (nSPS) is 19.7. The number of rotatable bonds is 4. The Kier molecular flexibility index (Phi) is 5.33. The van der Waals surface area contributed by atoms with Crippen molar-refractivity contribution in [1.82, 2.24) is 0 Å². The highest BCUT2D eigenvalue weighted by Gasteiger charge is 2.19. The maximum atomic E-state index is 11.6. The predicted molar refractivity (Wildman–Crippen MR) is 109 cm³/mol. The van der Waals surface area contributed by atoms with Crippen molar-refractivity contribution in [1.29, 1.82) is 0 Å². The first-order chi connectivity index (χ1) is 13.0. The van der Waals surface area contributed by atoms with Crippen LogP contribution in [-0.2, 0) is 20.0 Å². The molecule has 0 saturated heterocycles. The number of aryl methyl sites for hydroxylation is 2. The summed E-state index contributed by atoms with van der Waals surface area (Å²) in [5.41, 5.74) is 3.62. The highest BCUT2D eigenvalue weighted by molar-refractivity contribution is 7.89. The Balaban J connectivity index is 1.94. The van der Waals surface area contributed by atoms with E-state index in [4.69, 9.17) is 10.3 Å². The second-order valence-corrected chi connectivity index (χ2v) is 10.1. The summed E-state index contributed by atoms with van der Waals surface area (Å²) in [6.07, 6.45) is 7.90. The largest absolute Gasteiger partial charge is 0.238 e. The van der Waals surface area contributed by atoms with E-state index in [0.717, 1.165) is 22.3 Å². The van der Waals surface area contributed by atoms with Crippen LogP contribution in [0.15, 0.2) is 70.5 Å². The summed E-state index contributed by atoms with van der Waals surface area (Å²) in [5.74, 6) is -0.195.